The maximum absolute atomic E-state index is 16.5. The molecule has 3 amide bonds. The van der Waals surface area contributed by atoms with Crippen LogP contribution in [0.25, 0.3) is 10.1 Å². The van der Waals surface area contributed by atoms with Crippen LogP contribution in [0.15, 0.2) is 79.1 Å². The summed E-state index contributed by atoms with van der Waals surface area (Å²) in [4.78, 5) is 63.5. The first kappa shape index (κ1) is 40.1. The van der Waals surface area contributed by atoms with Crippen LogP contribution in [0, 0.1) is 0 Å². The van der Waals surface area contributed by atoms with Gasteiger partial charge in [-0.25, -0.2) is 9.48 Å². The highest BCUT2D eigenvalue weighted by molar-refractivity contribution is 7.57. The minimum atomic E-state index is -4.44. The van der Waals surface area contributed by atoms with Crippen molar-refractivity contribution in [2.24, 2.45) is 0 Å². The molecule has 15 heteroatoms. The van der Waals surface area contributed by atoms with Crippen molar-refractivity contribution in [2.75, 3.05) is 13.2 Å². The molecular formula is C43H49FN5O7PS. The fraction of sp³-hybridized carbons (Fsp3) is 0.465. The fourth-order valence-corrected chi connectivity index (χ4v) is 11.8. The lowest BCUT2D eigenvalue weighted by Gasteiger charge is -2.34. The molecule has 4 aliphatic rings. The number of ether oxygens (including phenoxy) is 1. The van der Waals surface area contributed by atoms with Crippen LogP contribution in [-0.4, -0.2) is 81.3 Å². The minimum Gasteiger partial charge on any atom is -0.465 e. The first-order chi connectivity index (χ1) is 28.0. The maximum Gasteiger partial charge on any atom is 0.355 e. The lowest BCUT2D eigenvalue weighted by Crippen LogP contribution is -2.56. The number of nitrogens with one attached hydrogen (secondary N) is 2. The highest BCUT2D eigenvalue weighted by atomic mass is 32.1. The summed E-state index contributed by atoms with van der Waals surface area (Å²) in [5.74, 6) is -3.14. The summed E-state index contributed by atoms with van der Waals surface area (Å²) in [7, 11) is -4.44. The Bertz CT molecular complexity index is 2220. The normalized spacial score (nSPS) is 24.4. The molecule has 0 bridgehead atoms. The number of nitrogens with zero attached hydrogens (tertiary/aromatic N) is 3. The van der Waals surface area contributed by atoms with Crippen LogP contribution >= 0.6 is 18.9 Å². The van der Waals surface area contributed by atoms with Crippen molar-refractivity contribution in [1.82, 2.24) is 25.2 Å². The van der Waals surface area contributed by atoms with E-state index in [0.29, 0.717) is 40.8 Å². The number of carbonyl (C=O) groups is 4. The predicted octanol–water partition coefficient (Wildman–Crippen LogP) is 7.66. The number of fused-ring (bicyclic) bond motifs is 2. The average Bonchev–Trinajstić information content (AvgIpc) is 3.53. The molecular weight excluding hydrogens is 781 g/mol. The van der Waals surface area contributed by atoms with Gasteiger partial charge < -0.3 is 24.4 Å². The summed E-state index contributed by atoms with van der Waals surface area (Å²) < 4.78 is 42.4. The van der Waals surface area contributed by atoms with Gasteiger partial charge in [0.25, 0.3) is 5.91 Å². The minimum absolute atomic E-state index is 0.0120. The van der Waals surface area contributed by atoms with Gasteiger partial charge in [0, 0.05) is 41.1 Å². The van der Waals surface area contributed by atoms with Gasteiger partial charge in [-0.3, -0.25) is 28.7 Å². The first-order valence-electron chi connectivity index (χ1n) is 20.3. The van der Waals surface area contributed by atoms with Crippen molar-refractivity contribution in [3.8, 4) is 5.75 Å². The number of esters is 1. The van der Waals surface area contributed by atoms with Gasteiger partial charge in [0.1, 0.15) is 23.9 Å². The summed E-state index contributed by atoms with van der Waals surface area (Å²) in [6, 6.07) is 15.9. The van der Waals surface area contributed by atoms with Gasteiger partial charge in [-0.05, 0) is 118 Å². The molecule has 3 saturated heterocycles. The Labute approximate surface area is 341 Å². The molecule has 4 aromatic rings. The second-order valence-corrected chi connectivity index (χ2v) is 19.2. The second-order valence-electron chi connectivity index (χ2n) is 16.1. The molecule has 2 aromatic heterocycles. The Morgan fingerprint density at radius 2 is 1.86 bits per heavy atom. The number of pyridine rings is 1. The van der Waals surface area contributed by atoms with E-state index in [0.717, 1.165) is 44.1 Å². The van der Waals surface area contributed by atoms with Crippen LogP contribution in [0.3, 0.4) is 0 Å². The number of amides is 3. The SMILES string of the molecule is CCCOC(=O)[C@H](C)NP(=O)(Oc1ccccc1)C(F)c1ccc2sc(C(=O)N[C@H]3CCC[C@H]4CC[C@@H](C(=O)N5CC(c6cccnc6)CC56CC6)N4C3=O)cc2c1. The van der Waals surface area contributed by atoms with Crippen LogP contribution in [0.5, 0.6) is 5.75 Å². The second kappa shape index (κ2) is 16.5. The van der Waals surface area contributed by atoms with Crippen LogP contribution in [0.1, 0.15) is 104 Å². The van der Waals surface area contributed by atoms with Gasteiger partial charge in [-0.2, -0.15) is 0 Å². The zero-order valence-corrected chi connectivity index (χ0v) is 34.4. The number of carbonyl (C=O) groups excluding carboxylic acids is 4. The molecule has 58 heavy (non-hydrogen) atoms. The van der Waals surface area contributed by atoms with E-state index in [4.69, 9.17) is 9.26 Å². The number of benzene rings is 2. The van der Waals surface area contributed by atoms with E-state index in [1.807, 2.05) is 24.1 Å². The van der Waals surface area contributed by atoms with E-state index in [1.54, 1.807) is 53.6 Å². The number of aromatic nitrogens is 1. The van der Waals surface area contributed by atoms with E-state index in [9.17, 15) is 23.7 Å². The molecule has 1 spiro atoms. The van der Waals surface area contributed by atoms with E-state index >= 15 is 4.39 Å². The Morgan fingerprint density at radius 1 is 1.05 bits per heavy atom. The molecule has 1 saturated carbocycles. The van der Waals surface area contributed by atoms with Gasteiger partial charge in [0.05, 0.1) is 11.5 Å². The van der Waals surface area contributed by atoms with E-state index in [-0.39, 0.29) is 47.2 Å². The smallest absolute Gasteiger partial charge is 0.355 e. The third-order valence-electron chi connectivity index (χ3n) is 12.0. The molecule has 7 atom stereocenters. The third-order valence-corrected chi connectivity index (χ3v) is 15.3. The van der Waals surface area contributed by atoms with Gasteiger partial charge >= 0.3 is 13.5 Å². The van der Waals surface area contributed by atoms with Gasteiger partial charge in [-0.15, -0.1) is 11.3 Å². The fourth-order valence-electron chi connectivity index (χ4n) is 8.92. The van der Waals surface area contributed by atoms with E-state index < -0.39 is 43.4 Å². The van der Waals surface area contributed by atoms with Crippen molar-refractivity contribution in [3.05, 3.63) is 95.1 Å². The number of thiophene rings is 1. The summed E-state index contributed by atoms with van der Waals surface area (Å²) in [6.45, 7) is 4.07. The standard InChI is InChI=1S/C43H49FN5O7PS/c1-3-21-55-42(53)27(2)47-57(54,56-33-11-5-4-6-12-33)38(44)28-14-17-36-30(22-28)23-37(58-36)39(50)46-34-13-7-10-32-15-16-35(49(32)40(34)51)41(52)48-26-31(24-43(48)18-19-43)29-9-8-20-45-25-29/h4-6,8-9,11-12,14,17,20,22-23,25,27,31-32,34-35,38H,3,7,10,13,15-16,18-19,21,24,26H2,1-2H3,(H,46,50)(H,47,54)/t27-,31?,32-,34-,35-,38?,57?/m0/s1. The molecule has 4 fully saturated rings. The Kier molecular flexibility index (Phi) is 11.4. The Balaban J connectivity index is 0.970. The highest BCUT2D eigenvalue weighted by Crippen LogP contribution is 2.58. The largest absolute Gasteiger partial charge is 0.465 e. The van der Waals surface area contributed by atoms with Gasteiger partial charge in [-0.1, -0.05) is 37.3 Å². The molecule has 2 N–H and O–H groups in total. The lowest BCUT2D eigenvalue weighted by atomic mass is 9.97. The number of rotatable bonds is 13. The van der Waals surface area contributed by atoms with E-state index in [1.165, 1.54) is 30.4 Å². The Morgan fingerprint density at radius 3 is 2.60 bits per heavy atom. The zero-order valence-electron chi connectivity index (χ0n) is 32.7. The number of halogens is 1. The van der Waals surface area contributed by atoms with Crippen molar-refractivity contribution in [1.29, 1.82) is 0 Å². The molecule has 3 aliphatic heterocycles. The molecule has 8 rings (SSSR count). The molecule has 2 aromatic carbocycles. The molecule has 5 heterocycles. The van der Waals surface area contributed by atoms with E-state index in [2.05, 4.69) is 21.5 Å². The maximum atomic E-state index is 16.5. The molecule has 0 radical (unpaired) electrons. The zero-order chi connectivity index (χ0) is 40.6. The summed E-state index contributed by atoms with van der Waals surface area (Å²) >= 11 is 1.20. The quantitative estimate of drug-likeness (QED) is 0.102. The summed E-state index contributed by atoms with van der Waals surface area (Å²) in [5, 5.41) is 6.11. The first-order valence-corrected chi connectivity index (χ1v) is 22.8. The van der Waals surface area contributed by atoms with Crippen molar-refractivity contribution in [3.63, 3.8) is 0 Å². The summed E-state index contributed by atoms with van der Waals surface area (Å²) in [5.41, 5.74) is 1.02. The van der Waals surface area contributed by atoms with Crippen molar-refractivity contribution in [2.45, 2.75) is 113 Å². The van der Waals surface area contributed by atoms with Gasteiger partial charge in [0.2, 0.25) is 17.7 Å². The average molecular weight is 830 g/mol. The highest BCUT2D eigenvalue weighted by Gasteiger charge is 2.58. The predicted molar refractivity (Wildman–Crippen MR) is 218 cm³/mol. The molecule has 306 valence electrons. The van der Waals surface area contributed by atoms with Crippen molar-refractivity contribution < 1.29 is 37.4 Å². The Hall–Kier alpha value is -4.65. The molecule has 1 aliphatic carbocycles. The number of alkyl halides is 1. The van der Waals surface area contributed by atoms with Crippen LogP contribution in [0.4, 0.5) is 4.39 Å². The number of para-hydroxylation sites is 1. The van der Waals surface area contributed by atoms with Crippen LogP contribution in [0.2, 0.25) is 0 Å². The van der Waals surface area contributed by atoms with Gasteiger partial charge in [0.15, 0.2) is 0 Å². The van der Waals surface area contributed by atoms with Crippen molar-refractivity contribution >= 4 is 52.6 Å². The topological polar surface area (TPSA) is 147 Å². The number of hydrogen-bond donors (Lipinski definition) is 2. The summed E-state index contributed by atoms with van der Waals surface area (Å²) in [6.07, 6.45) is 10.4. The number of hydrogen-bond acceptors (Lipinski definition) is 9. The van der Waals surface area contributed by atoms with Crippen LogP contribution < -0.4 is 14.9 Å². The van der Waals surface area contributed by atoms with Crippen LogP contribution in [-0.2, 0) is 23.7 Å². The molecule has 12 nitrogen and oxygen atoms in total. The number of likely N-dealkylation sites (tertiary alicyclic amines) is 1. The third kappa shape index (κ3) is 8.03. The lowest BCUT2D eigenvalue weighted by molar-refractivity contribution is -0.147. The monoisotopic (exact) mass is 829 g/mol. The molecule has 3 unspecified atom stereocenters.